The number of cyclic esters (lactones) is 1. The third-order valence-electron chi connectivity index (χ3n) is 4.84. The quantitative estimate of drug-likeness (QED) is 0.772. The van der Waals surface area contributed by atoms with E-state index < -0.39 is 18.3 Å². The number of aliphatic hydroxyl groups is 1. The van der Waals surface area contributed by atoms with Gasteiger partial charge in [0.1, 0.15) is 12.4 Å². The fourth-order valence-corrected chi connectivity index (χ4v) is 3.57. The molecule has 144 valence electrons. The Morgan fingerprint density at radius 1 is 1.48 bits per heavy atom. The Morgan fingerprint density at radius 3 is 3.00 bits per heavy atom. The minimum atomic E-state index is -1.02. The number of aromatic nitrogens is 2. The van der Waals surface area contributed by atoms with Crippen molar-refractivity contribution in [3.63, 3.8) is 0 Å². The summed E-state index contributed by atoms with van der Waals surface area (Å²) in [6, 6.07) is 4.15. The molecule has 4 rings (SSSR count). The van der Waals surface area contributed by atoms with Gasteiger partial charge in [-0.3, -0.25) is 14.5 Å². The van der Waals surface area contributed by atoms with Crippen LogP contribution in [0, 0.1) is 5.82 Å². The lowest BCUT2D eigenvalue weighted by Gasteiger charge is -2.38. The molecular formula is C17H19ClFN5O3. The largest absolute Gasteiger partial charge is 0.447 e. The number of fused-ring (bicyclic) bond motifs is 1. The molecule has 8 nitrogen and oxygen atoms in total. The molecule has 3 heterocycles. The minimum absolute atomic E-state index is 0.0193. The van der Waals surface area contributed by atoms with Gasteiger partial charge in [0.2, 0.25) is 0 Å². The molecule has 2 N–H and O–H groups in total. The van der Waals surface area contributed by atoms with Crippen molar-refractivity contribution < 1.29 is 19.0 Å². The van der Waals surface area contributed by atoms with Gasteiger partial charge in [0.15, 0.2) is 6.35 Å². The molecule has 0 bridgehead atoms. The third kappa shape index (κ3) is 3.33. The smallest absolute Gasteiger partial charge is 0.414 e. The monoisotopic (exact) mass is 395 g/mol. The van der Waals surface area contributed by atoms with Crippen LogP contribution in [0.3, 0.4) is 0 Å². The molecule has 10 heteroatoms. The van der Waals surface area contributed by atoms with E-state index in [1.54, 1.807) is 11.1 Å². The Balaban J connectivity index is 1.54. The van der Waals surface area contributed by atoms with E-state index in [9.17, 15) is 14.3 Å². The molecule has 1 aromatic carbocycles. The lowest BCUT2D eigenvalue weighted by atomic mass is 10.2. The fourth-order valence-electron chi connectivity index (χ4n) is 3.39. The topological polar surface area (TPSA) is 82.9 Å². The maximum atomic E-state index is 13.3. The van der Waals surface area contributed by atoms with Crippen molar-refractivity contribution in [1.29, 1.82) is 0 Å². The number of hydrogen-bond donors (Lipinski definition) is 2. The Hall–Kier alpha value is -2.36. The number of aliphatic hydroxyl groups excluding tert-OH is 1. The molecular weight excluding hydrogens is 377 g/mol. The summed E-state index contributed by atoms with van der Waals surface area (Å²) < 4.78 is 20.2. The number of ether oxygens (including phenoxy) is 1. The number of nitrogens with one attached hydrogen (secondary N) is 1. The van der Waals surface area contributed by atoms with Gasteiger partial charge in [-0.05, 0) is 25.1 Å². The predicted octanol–water partition coefficient (Wildman–Crippen LogP) is 2.22. The number of rotatable bonds is 4. The molecule has 2 unspecified atom stereocenters. The molecule has 2 aliphatic rings. The molecule has 0 spiro atoms. The van der Waals surface area contributed by atoms with Crippen LogP contribution in [0.15, 0.2) is 24.4 Å². The number of nitrogens with zero attached hydrogens (tertiary/aromatic N) is 4. The zero-order valence-corrected chi connectivity index (χ0v) is 15.4. The highest BCUT2D eigenvalue weighted by Gasteiger charge is 2.34. The van der Waals surface area contributed by atoms with Crippen LogP contribution >= 0.6 is 11.6 Å². The summed E-state index contributed by atoms with van der Waals surface area (Å²) in [6.45, 7) is 3.72. The van der Waals surface area contributed by atoms with E-state index in [2.05, 4.69) is 10.4 Å². The van der Waals surface area contributed by atoms with Crippen LogP contribution in [0.4, 0.5) is 20.6 Å². The number of hydrogen-bond acceptors (Lipinski definition) is 6. The first-order chi connectivity index (χ1) is 12.9. The van der Waals surface area contributed by atoms with Gasteiger partial charge >= 0.3 is 6.09 Å². The molecule has 27 heavy (non-hydrogen) atoms. The number of carbonyl (C=O) groups excluding carboxylic acids is 1. The average molecular weight is 396 g/mol. The van der Waals surface area contributed by atoms with E-state index in [0.717, 1.165) is 5.69 Å². The van der Waals surface area contributed by atoms with Gasteiger partial charge in [-0.15, -0.1) is 0 Å². The molecule has 2 aromatic rings. The number of benzene rings is 1. The van der Waals surface area contributed by atoms with Crippen molar-refractivity contribution in [2.45, 2.75) is 32.4 Å². The molecule has 0 radical (unpaired) electrons. The summed E-state index contributed by atoms with van der Waals surface area (Å²) >= 11 is 5.80. The summed E-state index contributed by atoms with van der Waals surface area (Å²) in [5.74, 6) is -0.519. The summed E-state index contributed by atoms with van der Waals surface area (Å²) in [7, 11) is 0. The van der Waals surface area contributed by atoms with E-state index in [-0.39, 0.29) is 11.1 Å². The molecule has 0 aliphatic carbocycles. The standard InChI is InChI=1S/C17H19ClFN5O3/c1-10-8-24-15(14(7-20-24)22-4-5-27-17(22)26)9-23(10)16(25)21-11-2-3-13(19)12(18)6-11/h2-3,6-7,10,16,21,25H,4-5,8-9H2,1H3. The van der Waals surface area contributed by atoms with Crippen molar-refractivity contribution in [2.75, 3.05) is 23.4 Å². The van der Waals surface area contributed by atoms with Gasteiger partial charge in [-0.25, -0.2) is 9.18 Å². The maximum Gasteiger partial charge on any atom is 0.414 e. The zero-order valence-electron chi connectivity index (χ0n) is 14.6. The van der Waals surface area contributed by atoms with E-state index in [0.29, 0.717) is 37.6 Å². The lowest BCUT2D eigenvalue weighted by Crippen LogP contribution is -2.50. The highest BCUT2D eigenvalue weighted by molar-refractivity contribution is 6.31. The molecule has 1 saturated heterocycles. The first-order valence-electron chi connectivity index (χ1n) is 8.58. The maximum absolute atomic E-state index is 13.3. The van der Waals surface area contributed by atoms with Crippen LogP contribution in [0.1, 0.15) is 12.6 Å². The van der Waals surface area contributed by atoms with Gasteiger partial charge in [-0.1, -0.05) is 11.6 Å². The Bertz CT molecular complexity index is 876. The van der Waals surface area contributed by atoms with Crippen LogP contribution in [-0.2, 0) is 17.8 Å². The van der Waals surface area contributed by atoms with Crippen LogP contribution in [0.25, 0.3) is 0 Å². The second-order valence-corrected chi connectivity index (χ2v) is 7.00. The van der Waals surface area contributed by atoms with Crippen LogP contribution in [0.2, 0.25) is 5.02 Å². The lowest BCUT2D eigenvalue weighted by molar-refractivity contribution is -0.0241. The molecule has 0 saturated carbocycles. The van der Waals surface area contributed by atoms with Crippen molar-refractivity contribution in [3.05, 3.63) is 40.9 Å². The van der Waals surface area contributed by atoms with Crippen molar-refractivity contribution in [2.24, 2.45) is 0 Å². The van der Waals surface area contributed by atoms with E-state index in [4.69, 9.17) is 16.3 Å². The molecule has 2 atom stereocenters. The minimum Gasteiger partial charge on any atom is -0.447 e. The summed E-state index contributed by atoms with van der Waals surface area (Å²) in [4.78, 5) is 15.3. The van der Waals surface area contributed by atoms with E-state index >= 15 is 0 Å². The highest BCUT2D eigenvalue weighted by Crippen LogP contribution is 2.30. The Labute approximate surface area is 160 Å². The number of carbonyl (C=O) groups is 1. The first-order valence-corrected chi connectivity index (χ1v) is 8.96. The molecule has 1 amide bonds. The Kier molecular flexibility index (Phi) is 4.67. The number of anilines is 2. The SMILES string of the molecule is CC1Cn2ncc(N3CCOC3=O)c2CN1C(O)Nc1ccc(F)c(Cl)c1. The van der Waals surface area contributed by atoms with Crippen molar-refractivity contribution in [1.82, 2.24) is 14.7 Å². The van der Waals surface area contributed by atoms with Gasteiger partial charge in [0.05, 0.1) is 35.7 Å². The molecule has 1 fully saturated rings. The predicted molar refractivity (Wildman–Crippen MR) is 97.0 cm³/mol. The second-order valence-electron chi connectivity index (χ2n) is 6.59. The van der Waals surface area contributed by atoms with Gasteiger partial charge in [0.25, 0.3) is 0 Å². The second kappa shape index (κ2) is 6.99. The highest BCUT2D eigenvalue weighted by atomic mass is 35.5. The Morgan fingerprint density at radius 2 is 2.30 bits per heavy atom. The van der Waals surface area contributed by atoms with Gasteiger partial charge in [0, 0.05) is 18.3 Å². The zero-order chi connectivity index (χ0) is 19.1. The van der Waals surface area contributed by atoms with Crippen LogP contribution in [-0.4, -0.2) is 51.4 Å². The van der Waals surface area contributed by atoms with Crippen molar-refractivity contribution >= 4 is 29.1 Å². The van der Waals surface area contributed by atoms with Crippen LogP contribution < -0.4 is 10.2 Å². The van der Waals surface area contributed by atoms with Crippen molar-refractivity contribution in [3.8, 4) is 0 Å². The summed E-state index contributed by atoms with van der Waals surface area (Å²) in [5, 5.41) is 17.9. The van der Waals surface area contributed by atoms with E-state index in [1.165, 1.54) is 18.2 Å². The van der Waals surface area contributed by atoms with Crippen LogP contribution in [0.5, 0.6) is 0 Å². The van der Waals surface area contributed by atoms with E-state index in [1.807, 2.05) is 16.5 Å². The normalized spacial score (nSPS) is 21.1. The molecule has 2 aliphatic heterocycles. The summed E-state index contributed by atoms with van der Waals surface area (Å²) in [6.07, 6.45) is 0.233. The fraction of sp³-hybridized carbons (Fsp3) is 0.412. The number of amides is 1. The average Bonchev–Trinajstić information content (AvgIpc) is 3.22. The first kappa shape index (κ1) is 18.0. The number of halogens is 2. The van der Waals surface area contributed by atoms with Gasteiger partial charge < -0.3 is 15.2 Å². The molecule has 1 aromatic heterocycles. The van der Waals surface area contributed by atoms with Gasteiger partial charge in [-0.2, -0.15) is 5.10 Å². The summed E-state index contributed by atoms with van der Waals surface area (Å²) in [5.41, 5.74) is 2.01. The third-order valence-corrected chi connectivity index (χ3v) is 5.13.